The molecule has 1 atom stereocenters. The number of carbonyl (C=O) groups is 1. The normalized spacial score (nSPS) is 17.6. The molecule has 0 radical (unpaired) electrons. The zero-order chi connectivity index (χ0) is 13.1. The van der Waals surface area contributed by atoms with E-state index in [2.05, 4.69) is 21.2 Å². The van der Waals surface area contributed by atoms with Crippen LogP contribution in [-0.4, -0.2) is 17.6 Å². The molecule has 98 valence electrons. The number of carbonyl (C=O) groups excluding carboxylic acids is 1. The second-order valence-electron chi connectivity index (χ2n) is 4.73. The maximum Gasteiger partial charge on any atom is 0.219 e. The van der Waals surface area contributed by atoms with Crippen molar-refractivity contribution in [3.63, 3.8) is 0 Å². The number of fused-ring (bicyclic) bond motifs is 1. The smallest absolute Gasteiger partial charge is 0.219 e. The van der Waals surface area contributed by atoms with Crippen molar-refractivity contribution >= 4 is 21.8 Å². The molecule has 4 heteroatoms. The summed E-state index contributed by atoms with van der Waals surface area (Å²) >= 11 is 3.34. The van der Waals surface area contributed by atoms with E-state index in [0.29, 0.717) is 24.6 Å². The van der Waals surface area contributed by atoms with E-state index in [-0.39, 0.29) is 5.91 Å². The molecule has 1 aromatic carbocycles. The third-order valence-corrected chi connectivity index (χ3v) is 4.18. The number of nitrogens with one attached hydrogen (secondary N) is 1. The third kappa shape index (κ3) is 2.86. The van der Waals surface area contributed by atoms with E-state index in [1.807, 2.05) is 19.1 Å². The molecule has 0 fully saturated rings. The summed E-state index contributed by atoms with van der Waals surface area (Å²) in [5.41, 5.74) is 2.55. The third-order valence-electron chi connectivity index (χ3n) is 3.55. The Morgan fingerprint density at radius 2 is 2.33 bits per heavy atom. The molecule has 0 spiro atoms. The first-order valence-corrected chi connectivity index (χ1v) is 7.19. The van der Waals surface area contributed by atoms with E-state index in [0.717, 1.165) is 23.7 Å². The molecule has 3 nitrogen and oxygen atoms in total. The quantitative estimate of drug-likeness (QED) is 0.897. The zero-order valence-electron chi connectivity index (χ0n) is 10.5. The van der Waals surface area contributed by atoms with Crippen molar-refractivity contribution in [3.8, 4) is 5.75 Å². The number of phenolic OH excluding ortho intramolecular Hbond substituents is 1. The highest BCUT2D eigenvalue weighted by Crippen LogP contribution is 2.40. The summed E-state index contributed by atoms with van der Waals surface area (Å²) in [6, 6.07) is 3.87. The number of phenols is 1. The minimum absolute atomic E-state index is 0.104. The number of hydrogen-bond acceptors (Lipinski definition) is 2. The summed E-state index contributed by atoms with van der Waals surface area (Å²) < 4.78 is 0.765. The average molecular weight is 312 g/mol. The number of rotatable bonds is 4. The number of halogens is 1. The Hall–Kier alpha value is -1.03. The van der Waals surface area contributed by atoms with Crippen molar-refractivity contribution in [1.82, 2.24) is 5.32 Å². The summed E-state index contributed by atoms with van der Waals surface area (Å²) in [4.78, 5) is 11.2. The van der Waals surface area contributed by atoms with Gasteiger partial charge < -0.3 is 10.4 Å². The number of aryl methyl sites for hydroxylation is 1. The molecular formula is C14H18BrNO2. The van der Waals surface area contributed by atoms with Gasteiger partial charge in [-0.15, -0.1) is 0 Å². The Morgan fingerprint density at radius 1 is 1.56 bits per heavy atom. The van der Waals surface area contributed by atoms with Gasteiger partial charge in [-0.05, 0) is 64.4 Å². The summed E-state index contributed by atoms with van der Waals surface area (Å²) in [7, 11) is 0. The van der Waals surface area contributed by atoms with Crippen LogP contribution >= 0.6 is 15.9 Å². The fourth-order valence-corrected chi connectivity index (χ4v) is 2.90. The molecule has 0 aromatic heterocycles. The van der Waals surface area contributed by atoms with Crippen molar-refractivity contribution < 1.29 is 9.90 Å². The average Bonchev–Trinajstić information content (AvgIpc) is 2.72. The first-order valence-electron chi connectivity index (χ1n) is 6.39. The van der Waals surface area contributed by atoms with Gasteiger partial charge in [0.05, 0.1) is 4.47 Å². The lowest BCUT2D eigenvalue weighted by atomic mass is 9.97. The number of aromatic hydroxyl groups is 1. The lowest BCUT2D eigenvalue weighted by Crippen LogP contribution is -2.24. The Labute approximate surface area is 116 Å². The fraction of sp³-hybridized carbons (Fsp3) is 0.500. The molecule has 2 rings (SSSR count). The van der Waals surface area contributed by atoms with Crippen LogP contribution in [0.25, 0.3) is 0 Å². The molecule has 1 amide bonds. The number of benzene rings is 1. The molecule has 0 saturated carbocycles. The highest BCUT2D eigenvalue weighted by molar-refractivity contribution is 9.10. The summed E-state index contributed by atoms with van der Waals surface area (Å²) in [6.07, 6.45) is 3.64. The van der Waals surface area contributed by atoms with Gasteiger partial charge in [-0.2, -0.15) is 0 Å². The van der Waals surface area contributed by atoms with Gasteiger partial charge >= 0.3 is 0 Å². The topological polar surface area (TPSA) is 49.3 Å². The fourth-order valence-electron chi connectivity index (χ4n) is 2.51. The molecule has 1 aliphatic rings. The predicted octanol–water partition coefficient (Wildman–Crippen LogP) is 3.10. The van der Waals surface area contributed by atoms with E-state index < -0.39 is 0 Å². The Morgan fingerprint density at radius 3 is 3.06 bits per heavy atom. The van der Waals surface area contributed by atoms with Gasteiger partial charge in [0, 0.05) is 13.0 Å². The van der Waals surface area contributed by atoms with E-state index in [9.17, 15) is 9.90 Å². The van der Waals surface area contributed by atoms with Crippen molar-refractivity contribution in [2.75, 3.05) is 6.54 Å². The second-order valence-corrected chi connectivity index (χ2v) is 5.58. The monoisotopic (exact) mass is 311 g/mol. The number of hydrogen-bond donors (Lipinski definition) is 2. The van der Waals surface area contributed by atoms with Crippen LogP contribution in [0.4, 0.5) is 0 Å². The van der Waals surface area contributed by atoms with Crippen LogP contribution in [0.5, 0.6) is 5.75 Å². The minimum atomic E-state index is 0.104. The van der Waals surface area contributed by atoms with Crippen LogP contribution in [0.2, 0.25) is 0 Å². The molecule has 1 aliphatic carbocycles. The Kier molecular flexibility index (Phi) is 4.27. The molecule has 1 aromatic rings. The molecular weight excluding hydrogens is 294 g/mol. The number of amides is 1. The van der Waals surface area contributed by atoms with Gasteiger partial charge in [-0.25, -0.2) is 0 Å². The zero-order valence-corrected chi connectivity index (χ0v) is 12.1. The lowest BCUT2D eigenvalue weighted by Gasteiger charge is -2.12. The second kappa shape index (κ2) is 5.74. The van der Waals surface area contributed by atoms with Gasteiger partial charge in [-0.3, -0.25) is 4.79 Å². The van der Waals surface area contributed by atoms with Gasteiger partial charge in [0.15, 0.2) is 0 Å². The van der Waals surface area contributed by atoms with Crippen LogP contribution in [0, 0.1) is 0 Å². The molecule has 0 saturated heterocycles. The van der Waals surface area contributed by atoms with Crippen LogP contribution in [0.1, 0.15) is 43.2 Å². The maximum absolute atomic E-state index is 11.2. The summed E-state index contributed by atoms with van der Waals surface area (Å²) in [5.74, 6) is 0.862. The highest BCUT2D eigenvalue weighted by atomic mass is 79.9. The summed E-state index contributed by atoms with van der Waals surface area (Å²) in [6.45, 7) is 2.57. The van der Waals surface area contributed by atoms with E-state index >= 15 is 0 Å². The van der Waals surface area contributed by atoms with E-state index in [1.54, 1.807) is 0 Å². The minimum Gasteiger partial charge on any atom is -0.507 e. The van der Waals surface area contributed by atoms with Crippen LogP contribution in [0.15, 0.2) is 16.6 Å². The molecule has 0 bridgehead atoms. The Balaban J connectivity index is 1.99. The first kappa shape index (κ1) is 13.4. The van der Waals surface area contributed by atoms with Crippen molar-refractivity contribution in [2.24, 2.45) is 0 Å². The van der Waals surface area contributed by atoms with Gasteiger partial charge in [-0.1, -0.05) is 6.92 Å². The van der Waals surface area contributed by atoms with E-state index in [1.165, 1.54) is 11.1 Å². The predicted molar refractivity (Wildman–Crippen MR) is 74.8 cm³/mol. The van der Waals surface area contributed by atoms with Crippen LogP contribution in [0.3, 0.4) is 0 Å². The molecule has 0 unspecified atom stereocenters. The molecule has 0 aliphatic heterocycles. The highest BCUT2D eigenvalue weighted by Gasteiger charge is 2.23. The lowest BCUT2D eigenvalue weighted by molar-refractivity contribution is -0.120. The van der Waals surface area contributed by atoms with Gasteiger partial charge in [0.25, 0.3) is 0 Å². The van der Waals surface area contributed by atoms with Crippen molar-refractivity contribution in [3.05, 3.63) is 27.7 Å². The van der Waals surface area contributed by atoms with E-state index in [4.69, 9.17) is 0 Å². The largest absolute Gasteiger partial charge is 0.507 e. The standard InChI is InChI=1S/C14H18BrNO2/c1-2-14(18)16-6-5-9-3-4-10-7-12(15)13(17)8-11(9)10/h7-9,17H,2-6H2,1H3,(H,16,18)/t9-/m1/s1. The van der Waals surface area contributed by atoms with Crippen molar-refractivity contribution in [2.45, 2.75) is 38.5 Å². The van der Waals surface area contributed by atoms with Crippen LogP contribution in [-0.2, 0) is 11.2 Å². The van der Waals surface area contributed by atoms with Gasteiger partial charge in [0.2, 0.25) is 5.91 Å². The van der Waals surface area contributed by atoms with Crippen LogP contribution < -0.4 is 5.32 Å². The molecule has 0 heterocycles. The first-order chi connectivity index (χ1) is 8.61. The maximum atomic E-state index is 11.2. The Bertz CT molecular complexity index is 459. The van der Waals surface area contributed by atoms with Crippen molar-refractivity contribution in [1.29, 1.82) is 0 Å². The molecule has 2 N–H and O–H groups in total. The molecule has 18 heavy (non-hydrogen) atoms. The SMILES string of the molecule is CCC(=O)NCC[C@H]1CCc2cc(Br)c(O)cc21. The summed E-state index contributed by atoms with van der Waals surface area (Å²) in [5, 5.41) is 12.6. The van der Waals surface area contributed by atoms with Gasteiger partial charge in [0.1, 0.15) is 5.75 Å².